The molecule has 6 nitrogen and oxygen atoms in total. The summed E-state index contributed by atoms with van der Waals surface area (Å²) in [6, 6.07) is 23.1. The molecular formula is C29H22N2O4. The Labute approximate surface area is 201 Å². The van der Waals surface area contributed by atoms with E-state index in [-0.39, 0.29) is 29.2 Å². The van der Waals surface area contributed by atoms with Crippen molar-refractivity contribution < 1.29 is 14.0 Å². The number of benzene rings is 3. The molecule has 0 radical (unpaired) electrons. The Morgan fingerprint density at radius 1 is 0.943 bits per heavy atom. The number of hydrogen-bond donors (Lipinski definition) is 0. The van der Waals surface area contributed by atoms with Gasteiger partial charge >= 0.3 is 0 Å². The van der Waals surface area contributed by atoms with Gasteiger partial charge in [0.05, 0.1) is 22.7 Å². The van der Waals surface area contributed by atoms with Crippen molar-refractivity contribution in [2.24, 2.45) is 0 Å². The molecule has 3 aromatic carbocycles. The summed E-state index contributed by atoms with van der Waals surface area (Å²) < 4.78 is 6.08. The summed E-state index contributed by atoms with van der Waals surface area (Å²) in [5.74, 6) is -0.932. The van der Waals surface area contributed by atoms with Crippen molar-refractivity contribution in [2.45, 2.75) is 18.5 Å². The zero-order chi connectivity index (χ0) is 24.3. The molecule has 0 saturated carbocycles. The lowest BCUT2D eigenvalue weighted by Gasteiger charge is -2.38. The van der Waals surface area contributed by atoms with Crippen molar-refractivity contribution >= 4 is 28.5 Å². The van der Waals surface area contributed by atoms with E-state index in [4.69, 9.17) is 4.42 Å². The van der Waals surface area contributed by atoms with Crippen molar-refractivity contribution in [2.75, 3.05) is 11.4 Å². The standard InChI is InChI=1S/C29H22N2O4/c1-3-17-30-22-15-9-8-14-21(22)29(28(30)34)24-25(32)20-13-7-10-16-23(20)35-26(24)27(33)31(29)18(2)19-11-5-4-6-12-19/h3-16,18H,1,17H2,2H3. The lowest BCUT2D eigenvalue weighted by Crippen LogP contribution is -2.54. The fourth-order valence-corrected chi connectivity index (χ4v) is 5.57. The molecule has 0 fully saturated rings. The van der Waals surface area contributed by atoms with E-state index in [1.54, 1.807) is 35.2 Å². The Morgan fingerprint density at radius 2 is 1.63 bits per heavy atom. The van der Waals surface area contributed by atoms with Gasteiger partial charge in [-0.2, -0.15) is 0 Å². The monoisotopic (exact) mass is 462 g/mol. The summed E-state index contributed by atoms with van der Waals surface area (Å²) in [7, 11) is 0. The molecule has 6 rings (SSSR count). The number of nitrogens with zero attached hydrogens (tertiary/aromatic N) is 2. The first-order valence-electron chi connectivity index (χ1n) is 11.5. The molecular weight excluding hydrogens is 440 g/mol. The normalized spacial score (nSPS) is 19.3. The lowest BCUT2D eigenvalue weighted by atomic mass is 9.83. The minimum absolute atomic E-state index is 0.0768. The number of amides is 2. The van der Waals surface area contributed by atoms with Gasteiger partial charge in [0, 0.05) is 12.1 Å². The Balaban J connectivity index is 1.75. The van der Waals surface area contributed by atoms with Crippen LogP contribution in [-0.2, 0) is 10.3 Å². The highest BCUT2D eigenvalue weighted by Gasteiger charge is 2.66. The molecule has 2 aliphatic rings. The average molecular weight is 463 g/mol. The third-order valence-electron chi connectivity index (χ3n) is 7.05. The summed E-state index contributed by atoms with van der Waals surface area (Å²) >= 11 is 0. The lowest BCUT2D eigenvalue weighted by molar-refractivity contribution is -0.126. The molecule has 3 heterocycles. The third kappa shape index (κ3) is 2.62. The smallest absolute Gasteiger partial charge is 0.292 e. The molecule has 2 unspecified atom stereocenters. The Bertz CT molecular complexity index is 1590. The molecule has 0 aliphatic carbocycles. The van der Waals surface area contributed by atoms with Crippen LogP contribution in [0.5, 0.6) is 0 Å². The van der Waals surface area contributed by atoms with Crippen LogP contribution < -0.4 is 10.3 Å². The van der Waals surface area contributed by atoms with E-state index in [1.165, 1.54) is 4.90 Å². The molecule has 2 aliphatic heterocycles. The van der Waals surface area contributed by atoms with Gasteiger partial charge in [0.1, 0.15) is 5.58 Å². The molecule has 0 bridgehead atoms. The van der Waals surface area contributed by atoms with E-state index in [0.717, 1.165) is 5.56 Å². The van der Waals surface area contributed by atoms with Gasteiger partial charge in [-0.15, -0.1) is 6.58 Å². The Morgan fingerprint density at radius 3 is 2.40 bits per heavy atom. The fraction of sp³-hybridized carbons (Fsp3) is 0.138. The first-order chi connectivity index (χ1) is 17.0. The van der Waals surface area contributed by atoms with Crippen LogP contribution in [0.3, 0.4) is 0 Å². The van der Waals surface area contributed by atoms with Crippen molar-refractivity contribution in [3.63, 3.8) is 0 Å². The fourth-order valence-electron chi connectivity index (χ4n) is 5.57. The molecule has 0 N–H and O–H groups in total. The van der Waals surface area contributed by atoms with E-state index >= 15 is 0 Å². The van der Waals surface area contributed by atoms with E-state index in [1.807, 2.05) is 61.5 Å². The average Bonchev–Trinajstić information content (AvgIpc) is 3.29. The largest absolute Gasteiger partial charge is 0.450 e. The van der Waals surface area contributed by atoms with Crippen molar-refractivity contribution in [1.82, 2.24) is 4.90 Å². The van der Waals surface area contributed by atoms with Gasteiger partial charge in [-0.05, 0) is 30.7 Å². The van der Waals surface area contributed by atoms with Crippen LogP contribution in [0.25, 0.3) is 11.0 Å². The highest BCUT2D eigenvalue weighted by atomic mass is 16.3. The molecule has 172 valence electrons. The second kappa shape index (κ2) is 7.53. The zero-order valence-corrected chi connectivity index (χ0v) is 19.1. The maximum absolute atomic E-state index is 14.4. The van der Waals surface area contributed by atoms with E-state index < -0.39 is 17.5 Å². The van der Waals surface area contributed by atoms with Crippen LogP contribution in [0.2, 0.25) is 0 Å². The number of fused-ring (bicyclic) bond motifs is 5. The molecule has 1 spiro atoms. The molecule has 4 aromatic rings. The minimum atomic E-state index is -1.65. The first-order valence-corrected chi connectivity index (χ1v) is 11.5. The molecule has 0 saturated heterocycles. The van der Waals surface area contributed by atoms with Crippen LogP contribution in [0.15, 0.2) is 101 Å². The highest BCUT2D eigenvalue weighted by molar-refractivity contribution is 6.17. The number of hydrogen-bond acceptors (Lipinski definition) is 4. The Hall–Kier alpha value is -4.45. The SMILES string of the molecule is C=CCN1C(=O)C2(c3ccccc31)c1c(oc3ccccc3c1=O)C(=O)N2C(C)c1ccccc1. The van der Waals surface area contributed by atoms with Crippen LogP contribution in [0, 0.1) is 0 Å². The van der Waals surface area contributed by atoms with Gasteiger partial charge in [-0.1, -0.05) is 66.7 Å². The van der Waals surface area contributed by atoms with E-state index in [0.29, 0.717) is 22.2 Å². The molecule has 2 atom stereocenters. The predicted octanol–water partition coefficient (Wildman–Crippen LogP) is 4.79. The van der Waals surface area contributed by atoms with Crippen LogP contribution >= 0.6 is 0 Å². The summed E-state index contributed by atoms with van der Waals surface area (Å²) in [6.07, 6.45) is 1.64. The van der Waals surface area contributed by atoms with Crippen LogP contribution in [0.1, 0.15) is 40.2 Å². The highest BCUT2D eigenvalue weighted by Crippen LogP contribution is 2.55. The second-order valence-corrected chi connectivity index (χ2v) is 8.83. The number of anilines is 1. The summed E-state index contributed by atoms with van der Waals surface area (Å²) in [6.45, 7) is 5.93. The molecule has 2 amide bonds. The maximum Gasteiger partial charge on any atom is 0.292 e. The van der Waals surface area contributed by atoms with Crippen LogP contribution in [0.4, 0.5) is 5.69 Å². The van der Waals surface area contributed by atoms with Gasteiger partial charge in [0.25, 0.3) is 11.8 Å². The summed E-state index contributed by atoms with van der Waals surface area (Å²) in [5.41, 5.74) is 0.453. The predicted molar refractivity (Wildman–Crippen MR) is 133 cm³/mol. The molecule has 35 heavy (non-hydrogen) atoms. The van der Waals surface area contributed by atoms with E-state index in [2.05, 4.69) is 6.58 Å². The quantitative estimate of drug-likeness (QED) is 0.409. The van der Waals surface area contributed by atoms with Crippen molar-refractivity contribution in [1.29, 1.82) is 0 Å². The number of para-hydroxylation sites is 2. The van der Waals surface area contributed by atoms with Gasteiger partial charge in [-0.3, -0.25) is 14.4 Å². The molecule has 6 heteroatoms. The van der Waals surface area contributed by atoms with Gasteiger partial charge in [0.15, 0.2) is 11.0 Å². The third-order valence-corrected chi connectivity index (χ3v) is 7.05. The zero-order valence-electron chi connectivity index (χ0n) is 19.1. The maximum atomic E-state index is 14.4. The first kappa shape index (κ1) is 21.1. The van der Waals surface area contributed by atoms with Crippen LogP contribution in [-0.4, -0.2) is 23.3 Å². The van der Waals surface area contributed by atoms with Crippen molar-refractivity contribution in [3.8, 4) is 0 Å². The van der Waals surface area contributed by atoms with Gasteiger partial charge in [0.2, 0.25) is 5.76 Å². The van der Waals surface area contributed by atoms with Gasteiger partial charge in [-0.25, -0.2) is 0 Å². The second-order valence-electron chi connectivity index (χ2n) is 8.83. The number of carbonyl (C=O) groups excluding carboxylic acids is 2. The topological polar surface area (TPSA) is 70.8 Å². The molecule has 1 aromatic heterocycles. The van der Waals surface area contributed by atoms with Gasteiger partial charge < -0.3 is 14.2 Å². The van der Waals surface area contributed by atoms with E-state index in [9.17, 15) is 14.4 Å². The van der Waals surface area contributed by atoms with Crippen molar-refractivity contribution in [3.05, 3.63) is 124 Å². The Kier molecular flexibility index (Phi) is 4.54. The summed E-state index contributed by atoms with van der Waals surface area (Å²) in [5, 5.41) is 0.333. The minimum Gasteiger partial charge on any atom is -0.450 e. The summed E-state index contributed by atoms with van der Waals surface area (Å²) in [4.78, 5) is 45.7. The number of rotatable bonds is 4. The number of carbonyl (C=O) groups is 2.